The van der Waals surface area contributed by atoms with Crippen LogP contribution in [0, 0.1) is 0 Å². The molecule has 0 aliphatic carbocycles. The summed E-state index contributed by atoms with van der Waals surface area (Å²) in [6, 6.07) is 1.47. The van der Waals surface area contributed by atoms with Crippen LogP contribution in [0.2, 0.25) is 0 Å². The van der Waals surface area contributed by atoms with E-state index >= 15 is 0 Å². The monoisotopic (exact) mass is 322 g/mol. The van der Waals surface area contributed by atoms with E-state index in [1.807, 2.05) is 9.80 Å². The van der Waals surface area contributed by atoms with Gasteiger partial charge >= 0.3 is 5.69 Å². The Morgan fingerprint density at radius 2 is 1.83 bits per heavy atom. The molecule has 0 saturated carbocycles. The van der Waals surface area contributed by atoms with Crippen molar-refractivity contribution in [1.29, 1.82) is 0 Å². The summed E-state index contributed by atoms with van der Waals surface area (Å²) in [4.78, 5) is 40.0. The molecule has 1 unspecified atom stereocenters. The molecule has 2 fully saturated rings. The number of hydrogen-bond acceptors (Lipinski definition) is 5. The lowest BCUT2D eigenvalue weighted by atomic mass is 10.2. The third-order valence-corrected chi connectivity index (χ3v) is 4.62. The van der Waals surface area contributed by atoms with Crippen molar-refractivity contribution < 1.29 is 9.53 Å². The van der Waals surface area contributed by atoms with Crippen LogP contribution < -0.4 is 16.1 Å². The number of amides is 1. The van der Waals surface area contributed by atoms with Crippen molar-refractivity contribution in [3.8, 4) is 0 Å². The lowest BCUT2D eigenvalue weighted by Gasteiger charge is -2.37. The summed E-state index contributed by atoms with van der Waals surface area (Å²) >= 11 is 0. The van der Waals surface area contributed by atoms with Crippen LogP contribution in [0.1, 0.15) is 12.8 Å². The second kappa shape index (κ2) is 6.19. The van der Waals surface area contributed by atoms with Crippen molar-refractivity contribution in [1.82, 2.24) is 14.0 Å². The maximum Gasteiger partial charge on any atom is 0.332 e. The first-order chi connectivity index (χ1) is 11.0. The van der Waals surface area contributed by atoms with E-state index in [0.29, 0.717) is 38.6 Å². The summed E-state index contributed by atoms with van der Waals surface area (Å²) in [7, 11) is 3.12. The number of carbonyl (C=O) groups excluding carboxylic acids is 1. The topological polar surface area (TPSA) is 76.8 Å². The SMILES string of the molecule is Cn1c(N2CCN(C(=O)C3CCCO3)CC2)cc(=O)n(C)c1=O. The first kappa shape index (κ1) is 15.8. The Bertz CT molecular complexity index is 709. The number of rotatable bonds is 2. The molecule has 3 heterocycles. The fourth-order valence-electron chi connectivity index (χ4n) is 3.16. The van der Waals surface area contributed by atoms with E-state index in [1.54, 1.807) is 7.05 Å². The molecule has 2 saturated heterocycles. The molecule has 8 heteroatoms. The molecule has 126 valence electrons. The van der Waals surface area contributed by atoms with E-state index in [2.05, 4.69) is 0 Å². The average Bonchev–Trinajstić information content (AvgIpc) is 3.10. The van der Waals surface area contributed by atoms with E-state index in [1.165, 1.54) is 17.7 Å². The van der Waals surface area contributed by atoms with Gasteiger partial charge in [-0.05, 0) is 12.8 Å². The Kier molecular flexibility index (Phi) is 4.25. The summed E-state index contributed by atoms with van der Waals surface area (Å²) in [6.45, 7) is 2.99. The summed E-state index contributed by atoms with van der Waals surface area (Å²) < 4.78 is 8.00. The molecule has 1 aromatic rings. The maximum absolute atomic E-state index is 12.3. The van der Waals surface area contributed by atoms with Crippen molar-refractivity contribution in [3.63, 3.8) is 0 Å². The molecule has 1 amide bonds. The lowest BCUT2D eigenvalue weighted by molar-refractivity contribution is -0.141. The summed E-state index contributed by atoms with van der Waals surface area (Å²) in [5.41, 5.74) is -0.661. The van der Waals surface area contributed by atoms with Gasteiger partial charge in [-0.2, -0.15) is 0 Å². The van der Waals surface area contributed by atoms with E-state index in [0.717, 1.165) is 17.4 Å². The van der Waals surface area contributed by atoms with Crippen LogP contribution >= 0.6 is 0 Å². The first-order valence-electron chi connectivity index (χ1n) is 7.91. The highest BCUT2D eigenvalue weighted by Crippen LogP contribution is 2.17. The van der Waals surface area contributed by atoms with Gasteiger partial charge in [0.1, 0.15) is 11.9 Å². The fourth-order valence-corrected chi connectivity index (χ4v) is 3.16. The van der Waals surface area contributed by atoms with Crippen molar-refractivity contribution in [2.45, 2.75) is 18.9 Å². The summed E-state index contributed by atoms with van der Waals surface area (Å²) in [5.74, 6) is 0.655. The van der Waals surface area contributed by atoms with Crippen LogP contribution in [0.5, 0.6) is 0 Å². The standard InChI is InChI=1S/C15H22N4O4/c1-16-12(10-13(20)17(2)15(16)22)18-5-7-19(8-6-18)14(21)11-4-3-9-23-11/h10-11H,3-9H2,1-2H3. The molecule has 23 heavy (non-hydrogen) atoms. The van der Waals surface area contributed by atoms with Gasteiger partial charge in [0.2, 0.25) is 0 Å². The van der Waals surface area contributed by atoms with Gasteiger partial charge in [0.05, 0.1) is 0 Å². The molecule has 0 N–H and O–H groups in total. The number of piperazine rings is 1. The summed E-state index contributed by atoms with van der Waals surface area (Å²) in [5, 5.41) is 0. The molecule has 0 bridgehead atoms. The number of carbonyl (C=O) groups is 1. The zero-order chi connectivity index (χ0) is 16.6. The molecule has 1 atom stereocenters. The van der Waals surface area contributed by atoms with Crippen molar-refractivity contribution in [2.75, 3.05) is 37.7 Å². The number of aromatic nitrogens is 2. The average molecular weight is 322 g/mol. The van der Waals surface area contributed by atoms with Crippen molar-refractivity contribution >= 4 is 11.7 Å². The third kappa shape index (κ3) is 2.90. The van der Waals surface area contributed by atoms with Crippen LogP contribution in [-0.4, -0.2) is 58.8 Å². The molecular formula is C15H22N4O4. The maximum atomic E-state index is 12.3. The molecule has 1 aromatic heterocycles. The Morgan fingerprint density at radius 1 is 1.13 bits per heavy atom. The number of nitrogens with zero attached hydrogens (tertiary/aromatic N) is 4. The zero-order valence-electron chi connectivity index (χ0n) is 13.5. The normalized spacial score (nSPS) is 21.7. The highest BCUT2D eigenvalue weighted by molar-refractivity contribution is 5.81. The number of hydrogen-bond donors (Lipinski definition) is 0. The molecule has 3 rings (SSSR count). The molecule has 2 aliphatic rings. The van der Waals surface area contributed by atoms with Gasteiger partial charge in [0, 0.05) is 52.9 Å². The predicted molar refractivity (Wildman–Crippen MR) is 84.7 cm³/mol. The fraction of sp³-hybridized carbons (Fsp3) is 0.667. The first-order valence-corrected chi connectivity index (χ1v) is 7.91. The molecule has 0 spiro atoms. The Hall–Kier alpha value is -2.09. The second-order valence-corrected chi connectivity index (χ2v) is 6.06. The molecule has 2 aliphatic heterocycles. The quantitative estimate of drug-likeness (QED) is 0.692. The van der Waals surface area contributed by atoms with E-state index in [4.69, 9.17) is 4.74 Å². The Morgan fingerprint density at radius 3 is 2.43 bits per heavy atom. The molecule has 8 nitrogen and oxygen atoms in total. The summed E-state index contributed by atoms with van der Waals surface area (Å²) in [6.07, 6.45) is 1.43. The van der Waals surface area contributed by atoms with Gasteiger partial charge in [-0.15, -0.1) is 0 Å². The van der Waals surface area contributed by atoms with E-state index in [9.17, 15) is 14.4 Å². The van der Waals surface area contributed by atoms with Gasteiger partial charge in [-0.1, -0.05) is 0 Å². The molecule has 0 radical (unpaired) electrons. The largest absolute Gasteiger partial charge is 0.368 e. The number of anilines is 1. The van der Waals surface area contributed by atoms with E-state index < -0.39 is 0 Å². The van der Waals surface area contributed by atoms with Crippen LogP contribution in [0.3, 0.4) is 0 Å². The predicted octanol–water partition coefficient (Wildman–Crippen LogP) is -1.09. The van der Waals surface area contributed by atoms with E-state index in [-0.39, 0.29) is 23.3 Å². The zero-order valence-corrected chi connectivity index (χ0v) is 13.5. The highest BCUT2D eigenvalue weighted by Gasteiger charge is 2.30. The van der Waals surface area contributed by atoms with Crippen molar-refractivity contribution in [2.24, 2.45) is 14.1 Å². The van der Waals surface area contributed by atoms with Crippen molar-refractivity contribution in [3.05, 3.63) is 26.9 Å². The third-order valence-electron chi connectivity index (χ3n) is 4.62. The Balaban J connectivity index is 1.71. The van der Waals surface area contributed by atoms with Gasteiger partial charge < -0.3 is 14.5 Å². The van der Waals surface area contributed by atoms with Crippen LogP contribution in [-0.2, 0) is 23.6 Å². The highest BCUT2D eigenvalue weighted by atomic mass is 16.5. The minimum Gasteiger partial charge on any atom is -0.368 e. The van der Waals surface area contributed by atoms with Gasteiger partial charge in [-0.25, -0.2) is 4.79 Å². The van der Waals surface area contributed by atoms with Gasteiger partial charge in [-0.3, -0.25) is 18.7 Å². The van der Waals surface area contributed by atoms with Crippen LogP contribution in [0.15, 0.2) is 15.7 Å². The minimum atomic E-state index is -0.342. The van der Waals surface area contributed by atoms with Gasteiger partial charge in [0.25, 0.3) is 11.5 Å². The minimum absolute atomic E-state index is 0.0556. The van der Waals surface area contributed by atoms with Crippen LogP contribution in [0.4, 0.5) is 5.82 Å². The molecular weight excluding hydrogens is 300 g/mol. The second-order valence-electron chi connectivity index (χ2n) is 6.06. The smallest absolute Gasteiger partial charge is 0.332 e. The van der Waals surface area contributed by atoms with Gasteiger partial charge in [0.15, 0.2) is 0 Å². The van der Waals surface area contributed by atoms with Crippen LogP contribution in [0.25, 0.3) is 0 Å². The Labute approximate surface area is 133 Å². The lowest BCUT2D eigenvalue weighted by Crippen LogP contribution is -2.53. The number of ether oxygens (including phenoxy) is 1. The molecule has 0 aromatic carbocycles.